The zero-order chi connectivity index (χ0) is 18.1. The molecule has 0 aliphatic rings. The second kappa shape index (κ2) is 9.48. The third-order valence-corrected chi connectivity index (χ3v) is 4.03. The molecule has 0 atom stereocenters. The van der Waals surface area contributed by atoms with Gasteiger partial charge in [0.05, 0.1) is 26.0 Å². The SMILES string of the molecule is COC(=O)c1cc(C=NN=C(N)SCc2ccccc2)cc(OC)c1. The predicted octanol–water partition coefficient (Wildman–Crippen LogP) is 3.06. The largest absolute Gasteiger partial charge is 0.497 e. The predicted molar refractivity (Wildman–Crippen MR) is 101 cm³/mol. The molecule has 0 aliphatic heterocycles. The molecule has 0 radical (unpaired) electrons. The molecule has 0 saturated heterocycles. The molecule has 7 heteroatoms. The number of ether oxygens (including phenoxy) is 2. The summed E-state index contributed by atoms with van der Waals surface area (Å²) in [6.07, 6.45) is 1.50. The Morgan fingerprint density at radius 1 is 1.20 bits per heavy atom. The number of hydrogen-bond donors (Lipinski definition) is 1. The molecule has 0 heterocycles. The van der Waals surface area contributed by atoms with E-state index in [2.05, 4.69) is 10.2 Å². The molecular formula is C18H19N3O3S. The van der Waals surface area contributed by atoms with E-state index in [0.29, 0.717) is 22.0 Å². The summed E-state index contributed by atoms with van der Waals surface area (Å²) in [6, 6.07) is 14.9. The van der Waals surface area contributed by atoms with Crippen LogP contribution in [0.1, 0.15) is 21.5 Å². The summed E-state index contributed by atoms with van der Waals surface area (Å²) in [5, 5.41) is 8.28. The zero-order valence-electron chi connectivity index (χ0n) is 14.0. The van der Waals surface area contributed by atoms with Gasteiger partial charge in [0.15, 0.2) is 5.17 Å². The number of thioether (sulfide) groups is 1. The van der Waals surface area contributed by atoms with E-state index in [1.807, 2.05) is 30.3 Å². The van der Waals surface area contributed by atoms with Crippen molar-refractivity contribution in [2.24, 2.45) is 15.9 Å². The number of carbonyl (C=O) groups is 1. The molecule has 2 aromatic rings. The zero-order valence-corrected chi connectivity index (χ0v) is 14.8. The highest BCUT2D eigenvalue weighted by Crippen LogP contribution is 2.17. The molecule has 0 unspecified atom stereocenters. The van der Waals surface area contributed by atoms with Gasteiger partial charge in [-0.3, -0.25) is 0 Å². The summed E-state index contributed by atoms with van der Waals surface area (Å²) in [6.45, 7) is 0. The van der Waals surface area contributed by atoms with Crippen molar-refractivity contribution >= 4 is 29.1 Å². The highest BCUT2D eigenvalue weighted by atomic mass is 32.2. The van der Waals surface area contributed by atoms with Crippen molar-refractivity contribution in [3.63, 3.8) is 0 Å². The van der Waals surface area contributed by atoms with Crippen LogP contribution in [0, 0.1) is 0 Å². The van der Waals surface area contributed by atoms with Crippen molar-refractivity contribution in [1.82, 2.24) is 0 Å². The van der Waals surface area contributed by atoms with Crippen molar-refractivity contribution < 1.29 is 14.3 Å². The van der Waals surface area contributed by atoms with Crippen molar-refractivity contribution in [2.75, 3.05) is 14.2 Å². The Balaban J connectivity index is 2.03. The minimum atomic E-state index is -0.449. The number of amidine groups is 1. The summed E-state index contributed by atoms with van der Waals surface area (Å²) >= 11 is 1.40. The first-order chi connectivity index (χ1) is 12.1. The number of esters is 1. The number of carbonyl (C=O) groups excluding carboxylic acids is 1. The maximum atomic E-state index is 11.7. The minimum absolute atomic E-state index is 0.358. The fourth-order valence-electron chi connectivity index (χ4n) is 1.96. The fourth-order valence-corrected chi connectivity index (χ4v) is 2.57. The summed E-state index contributed by atoms with van der Waals surface area (Å²) < 4.78 is 9.89. The van der Waals surface area contributed by atoms with E-state index in [-0.39, 0.29) is 0 Å². The van der Waals surface area contributed by atoms with Gasteiger partial charge in [-0.1, -0.05) is 42.1 Å². The van der Waals surface area contributed by atoms with Crippen molar-refractivity contribution in [3.8, 4) is 5.75 Å². The Hall–Kier alpha value is -2.80. The topological polar surface area (TPSA) is 86.3 Å². The number of hydrogen-bond acceptors (Lipinski definition) is 6. The van der Waals surface area contributed by atoms with Crippen LogP contribution in [0.25, 0.3) is 0 Å². The van der Waals surface area contributed by atoms with Gasteiger partial charge in [-0.25, -0.2) is 4.79 Å². The molecule has 0 fully saturated rings. The van der Waals surface area contributed by atoms with Crippen molar-refractivity contribution in [2.45, 2.75) is 5.75 Å². The van der Waals surface area contributed by atoms with Gasteiger partial charge in [0, 0.05) is 5.75 Å². The van der Waals surface area contributed by atoms with E-state index in [4.69, 9.17) is 15.2 Å². The normalized spacial score (nSPS) is 11.5. The van der Waals surface area contributed by atoms with Crippen LogP contribution in [-0.2, 0) is 10.5 Å². The smallest absolute Gasteiger partial charge is 0.338 e. The summed E-state index contributed by atoms with van der Waals surface area (Å²) in [7, 11) is 2.85. The molecule has 0 saturated carbocycles. The van der Waals surface area contributed by atoms with Gasteiger partial charge in [0.25, 0.3) is 0 Å². The van der Waals surface area contributed by atoms with Crippen molar-refractivity contribution in [1.29, 1.82) is 0 Å². The standard InChI is InChI=1S/C18H19N3O3S/c1-23-16-9-14(8-15(10-16)17(22)24-2)11-20-21-18(19)25-12-13-6-4-3-5-7-13/h3-11H,12H2,1-2H3,(H2,19,21). The first-order valence-electron chi connectivity index (χ1n) is 7.43. The van der Waals surface area contributed by atoms with E-state index in [1.165, 1.54) is 32.2 Å². The van der Waals surface area contributed by atoms with Crippen LogP contribution in [-0.4, -0.2) is 31.6 Å². The number of methoxy groups -OCH3 is 2. The van der Waals surface area contributed by atoms with E-state index in [1.54, 1.807) is 18.2 Å². The summed E-state index contributed by atoms with van der Waals surface area (Å²) in [5.74, 6) is 0.798. The quantitative estimate of drug-likeness (QED) is 0.372. The van der Waals surface area contributed by atoms with Crippen molar-refractivity contribution in [3.05, 3.63) is 65.2 Å². The first kappa shape index (κ1) is 18.5. The summed E-state index contributed by atoms with van der Waals surface area (Å²) in [4.78, 5) is 11.7. The maximum absolute atomic E-state index is 11.7. The monoisotopic (exact) mass is 357 g/mol. The Kier molecular flexibility index (Phi) is 7.03. The Labute approximate surface area is 150 Å². The van der Waals surface area contributed by atoms with Gasteiger partial charge in [0.2, 0.25) is 0 Å². The van der Waals surface area contributed by atoms with E-state index in [0.717, 1.165) is 11.3 Å². The Bertz CT molecular complexity index is 776. The average molecular weight is 357 g/mol. The molecule has 25 heavy (non-hydrogen) atoms. The van der Waals surface area contributed by atoms with Gasteiger partial charge in [-0.2, -0.15) is 5.10 Å². The number of benzene rings is 2. The van der Waals surface area contributed by atoms with E-state index in [9.17, 15) is 4.79 Å². The number of nitrogens with two attached hydrogens (primary N) is 1. The molecule has 6 nitrogen and oxygen atoms in total. The number of nitrogens with zero attached hydrogens (tertiary/aromatic N) is 2. The molecule has 0 bridgehead atoms. The fraction of sp³-hybridized carbons (Fsp3) is 0.167. The van der Waals surface area contributed by atoms with Gasteiger partial charge in [-0.15, -0.1) is 5.10 Å². The second-order valence-corrected chi connectivity index (χ2v) is 5.94. The van der Waals surface area contributed by atoms with Gasteiger partial charge in [0.1, 0.15) is 5.75 Å². The lowest BCUT2D eigenvalue weighted by Crippen LogP contribution is -2.06. The van der Waals surface area contributed by atoms with Crippen LogP contribution < -0.4 is 10.5 Å². The third-order valence-electron chi connectivity index (χ3n) is 3.18. The maximum Gasteiger partial charge on any atom is 0.338 e. The van der Waals surface area contributed by atoms with Gasteiger partial charge < -0.3 is 15.2 Å². The molecule has 130 valence electrons. The van der Waals surface area contributed by atoms with Gasteiger partial charge >= 0.3 is 5.97 Å². The van der Waals surface area contributed by atoms with E-state index < -0.39 is 5.97 Å². The highest BCUT2D eigenvalue weighted by molar-refractivity contribution is 8.13. The first-order valence-corrected chi connectivity index (χ1v) is 8.41. The summed E-state index contributed by atoms with van der Waals surface area (Å²) in [5.41, 5.74) is 8.03. The lowest BCUT2D eigenvalue weighted by molar-refractivity contribution is 0.0600. The van der Waals surface area contributed by atoms with E-state index >= 15 is 0 Å². The average Bonchev–Trinajstić information content (AvgIpc) is 2.66. The molecule has 0 spiro atoms. The minimum Gasteiger partial charge on any atom is -0.497 e. The van der Waals surface area contributed by atoms with Crippen LogP contribution in [0.2, 0.25) is 0 Å². The van der Waals surface area contributed by atoms with Crippen LogP contribution in [0.4, 0.5) is 0 Å². The molecule has 0 aliphatic carbocycles. The molecule has 2 N–H and O–H groups in total. The Morgan fingerprint density at radius 3 is 2.64 bits per heavy atom. The van der Waals surface area contributed by atoms with Crippen LogP contribution >= 0.6 is 11.8 Å². The lowest BCUT2D eigenvalue weighted by atomic mass is 10.1. The van der Waals surface area contributed by atoms with Crippen LogP contribution in [0.5, 0.6) is 5.75 Å². The highest BCUT2D eigenvalue weighted by Gasteiger charge is 2.08. The van der Waals surface area contributed by atoms with Crippen LogP contribution in [0.15, 0.2) is 58.7 Å². The second-order valence-electron chi connectivity index (χ2n) is 4.94. The molecular weight excluding hydrogens is 338 g/mol. The number of rotatable bonds is 6. The Morgan fingerprint density at radius 2 is 1.96 bits per heavy atom. The molecule has 0 amide bonds. The third kappa shape index (κ3) is 5.96. The molecule has 2 aromatic carbocycles. The van der Waals surface area contributed by atoms with Gasteiger partial charge in [-0.05, 0) is 29.3 Å². The lowest BCUT2D eigenvalue weighted by Gasteiger charge is -2.05. The molecule has 2 rings (SSSR count). The molecule has 0 aromatic heterocycles. The van der Waals surface area contributed by atoms with Crippen LogP contribution in [0.3, 0.4) is 0 Å².